The molecular formula is C21H33NO5. The number of hydrogen-bond donors (Lipinski definition) is 1. The summed E-state index contributed by atoms with van der Waals surface area (Å²) in [7, 11) is 1.52. The first-order valence-corrected chi connectivity index (χ1v) is 9.51. The summed E-state index contributed by atoms with van der Waals surface area (Å²) in [6.45, 7) is 11.8. The summed E-state index contributed by atoms with van der Waals surface area (Å²) in [6, 6.07) is 4.98. The predicted molar refractivity (Wildman–Crippen MR) is 106 cm³/mol. The van der Waals surface area contributed by atoms with Gasteiger partial charge in [0.15, 0.2) is 0 Å². The van der Waals surface area contributed by atoms with Gasteiger partial charge in [-0.25, -0.2) is 4.79 Å². The Kier molecular flexibility index (Phi) is 8.76. The van der Waals surface area contributed by atoms with Gasteiger partial charge in [0.25, 0.3) is 5.91 Å². The number of benzene rings is 1. The van der Waals surface area contributed by atoms with E-state index in [1.165, 1.54) is 7.11 Å². The highest BCUT2D eigenvalue weighted by molar-refractivity contribution is 5.99. The molecule has 2 atom stereocenters. The van der Waals surface area contributed by atoms with Gasteiger partial charge < -0.3 is 19.5 Å². The summed E-state index contributed by atoms with van der Waals surface area (Å²) in [5.74, 6) is -0.00716. The van der Waals surface area contributed by atoms with Crippen LogP contribution in [0.3, 0.4) is 0 Å². The number of esters is 1. The second kappa shape index (κ2) is 10.3. The number of nitrogens with one attached hydrogen (secondary N) is 1. The lowest BCUT2D eigenvalue weighted by molar-refractivity contribution is -0.137. The zero-order valence-electron chi connectivity index (χ0n) is 17.5. The van der Waals surface area contributed by atoms with Crippen molar-refractivity contribution in [1.82, 2.24) is 0 Å². The standard InChI is InChI=1S/C21H33NO5/c1-8-15(5)27-18-11-10-16(12-17(18)19(23)26-9-2)22-20(24)21(6,25-7)13-14(3)4/h10-12,14-15H,8-9,13H2,1-7H3,(H,22,24)/t15-,21+/m0/s1. The van der Waals surface area contributed by atoms with E-state index < -0.39 is 11.6 Å². The maximum atomic E-state index is 12.7. The number of rotatable bonds is 10. The minimum absolute atomic E-state index is 0.0403. The predicted octanol–water partition coefficient (Wildman–Crippen LogP) is 4.43. The molecule has 0 heterocycles. The molecule has 1 N–H and O–H groups in total. The van der Waals surface area contributed by atoms with Gasteiger partial charge in [-0.2, -0.15) is 0 Å². The molecule has 0 aliphatic rings. The van der Waals surface area contributed by atoms with Crippen molar-refractivity contribution in [3.05, 3.63) is 23.8 Å². The normalized spacial score (nSPS) is 14.4. The van der Waals surface area contributed by atoms with Crippen LogP contribution in [-0.4, -0.2) is 37.3 Å². The minimum Gasteiger partial charge on any atom is -0.490 e. The van der Waals surface area contributed by atoms with E-state index in [2.05, 4.69) is 5.32 Å². The van der Waals surface area contributed by atoms with Gasteiger partial charge in [0, 0.05) is 12.8 Å². The van der Waals surface area contributed by atoms with Crippen molar-refractivity contribution >= 4 is 17.6 Å². The largest absolute Gasteiger partial charge is 0.490 e. The van der Waals surface area contributed by atoms with Crippen LogP contribution >= 0.6 is 0 Å². The highest BCUT2D eigenvalue weighted by atomic mass is 16.5. The molecule has 6 nitrogen and oxygen atoms in total. The van der Waals surface area contributed by atoms with Crippen molar-refractivity contribution in [2.75, 3.05) is 19.0 Å². The molecule has 0 bridgehead atoms. The van der Waals surface area contributed by atoms with Crippen LogP contribution in [0.5, 0.6) is 5.75 Å². The van der Waals surface area contributed by atoms with E-state index in [0.717, 1.165) is 6.42 Å². The molecule has 152 valence electrons. The number of amides is 1. The maximum Gasteiger partial charge on any atom is 0.341 e. The average molecular weight is 379 g/mol. The third-order valence-corrected chi connectivity index (χ3v) is 4.36. The Labute approximate surface area is 162 Å². The lowest BCUT2D eigenvalue weighted by atomic mass is 9.93. The van der Waals surface area contributed by atoms with E-state index in [1.807, 2.05) is 27.7 Å². The first-order chi connectivity index (χ1) is 12.7. The van der Waals surface area contributed by atoms with E-state index in [-0.39, 0.29) is 24.2 Å². The monoisotopic (exact) mass is 379 g/mol. The first kappa shape index (κ1) is 23.0. The molecule has 0 aromatic heterocycles. The zero-order valence-corrected chi connectivity index (χ0v) is 17.5. The third kappa shape index (κ3) is 6.54. The SMILES string of the molecule is CCOC(=O)c1cc(NC(=O)[C@@](C)(CC(C)C)OC)ccc1O[C@@H](C)CC. The van der Waals surface area contributed by atoms with E-state index in [1.54, 1.807) is 32.0 Å². The summed E-state index contributed by atoms with van der Waals surface area (Å²) < 4.78 is 16.4. The summed E-state index contributed by atoms with van der Waals surface area (Å²) in [6.07, 6.45) is 1.35. The van der Waals surface area contributed by atoms with Crippen LogP contribution in [0.15, 0.2) is 18.2 Å². The maximum absolute atomic E-state index is 12.7. The summed E-state index contributed by atoms with van der Waals surface area (Å²) in [5.41, 5.74) is -0.172. The van der Waals surface area contributed by atoms with Crippen molar-refractivity contribution < 1.29 is 23.8 Å². The minimum atomic E-state index is -0.954. The number of ether oxygens (including phenoxy) is 3. The highest BCUT2D eigenvalue weighted by Gasteiger charge is 2.34. The summed E-state index contributed by atoms with van der Waals surface area (Å²) >= 11 is 0. The first-order valence-electron chi connectivity index (χ1n) is 9.51. The van der Waals surface area contributed by atoms with E-state index in [4.69, 9.17) is 14.2 Å². The molecule has 1 aromatic rings. The highest BCUT2D eigenvalue weighted by Crippen LogP contribution is 2.27. The molecule has 0 unspecified atom stereocenters. The molecule has 0 radical (unpaired) electrons. The van der Waals surface area contributed by atoms with Crippen LogP contribution in [0, 0.1) is 5.92 Å². The second-order valence-corrected chi connectivity index (χ2v) is 7.26. The van der Waals surface area contributed by atoms with Crippen LogP contribution in [0.1, 0.15) is 64.7 Å². The van der Waals surface area contributed by atoms with E-state index in [0.29, 0.717) is 23.8 Å². The van der Waals surface area contributed by atoms with Crippen molar-refractivity contribution in [3.8, 4) is 5.75 Å². The van der Waals surface area contributed by atoms with Crippen LogP contribution in [0.2, 0.25) is 0 Å². The molecule has 0 spiro atoms. The van der Waals surface area contributed by atoms with Crippen LogP contribution in [0.25, 0.3) is 0 Å². The number of methoxy groups -OCH3 is 1. The Balaban J connectivity index is 3.13. The molecule has 1 aromatic carbocycles. The topological polar surface area (TPSA) is 73.9 Å². The Morgan fingerprint density at radius 1 is 1.19 bits per heavy atom. The van der Waals surface area contributed by atoms with Gasteiger partial charge in [0.2, 0.25) is 0 Å². The fraction of sp³-hybridized carbons (Fsp3) is 0.619. The Morgan fingerprint density at radius 2 is 1.85 bits per heavy atom. The van der Waals surface area contributed by atoms with Crippen LogP contribution in [-0.2, 0) is 14.3 Å². The molecule has 27 heavy (non-hydrogen) atoms. The Morgan fingerprint density at radius 3 is 2.37 bits per heavy atom. The smallest absolute Gasteiger partial charge is 0.341 e. The molecule has 0 aliphatic carbocycles. The molecule has 0 fully saturated rings. The number of carbonyl (C=O) groups is 2. The fourth-order valence-electron chi connectivity index (χ4n) is 2.69. The fourth-order valence-corrected chi connectivity index (χ4v) is 2.69. The van der Waals surface area contributed by atoms with Gasteiger partial charge in [-0.05, 0) is 57.7 Å². The zero-order chi connectivity index (χ0) is 20.6. The molecule has 0 saturated carbocycles. The van der Waals surface area contributed by atoms with Gasteiger partial charge in [-0.15, -0.1) is 0 Å². The van der Waals surface area contributed by atoms with E-state index in [9.17, 15) is 9.59 Å². The number of anilines is 1. The average Bonchev–Trinajstić information content (AvgIpc) is 2.62. The van der Waals surface area contributed by atoms with E-state index >= 15 is 0 Å². The van der Waals surface area contributed by atoms with Gasteiger partial charge in [-0.3, -0.25) is 4.79 Å². The Bertz CT molecular complexity index is 643. The van der Waals surface area contributed by atoms with Gasteiger partial charge >= 0.3 is 5.97 Å². The van der Waals surface area contributed by atoms with Gasteiger partial charge in [-0.1, -0.05) is 20.8 Å². The van der Waals surface area contributed by atoms with Crippen molar-refractivity contribution in [2.24, 2.45) is 5.92 Å². The lowest BCUT2D eigenvalue weighted by Gasteiger charge is -2.28. The molecule has 0 aliphatic heterocycles. The summed E-state index contributed by atoms with van der Waals surface area (Å²) in [4.78, 5) is 25.1. The van der Waals surface area contributed by atoms with Crippen molar-refractivity contribution in [1.29, 1.82) is 0 Å². The molecule has 0 saturated heterocycles. The second-order valence-electron chi connectivity index (χ2n) is 7.26. The third-order valence-electron chi connectivity index (χ3n) is 4.36. The molecule has 1 amide bonds. The van der Waals surface area contributed by atoms with Crippen LogP contribution in [0.4, 0.5) is 5.69 Å². The van der Waals surface area contributed by atoms with Crippen molar-refractivity contribution in [3.63, 3.8) is 0 Å². The quantitative estimate of drug-likeness (QED) is 0.609. The Hall–Kier alpha value is -2.08. The number of hydrogen-bond acceptors (Lipinski definition) is 5. The lowest BCUT2D eigenvalue weighted by Crippen LogP contribution is -2.43. The summed E-state index contributed by atoms with van der Waals surface area (Å²) in [5, 5.41) is 2.84. The molecule has 1 rings (SSSR count). The van der Waals surface area contributed by atoms with Gasteiger partial charge in [0.05, 0.1) is 12.7 Å². The van der Waals surface area contributed by atoms with Crippen molar-refractivity contribution in [2.45, 2.75) is 66.1 Å². The van der Waals surface area contributed by atoms with Crippen LogP contribution < -0.4 is 10.1 Å². The molecular weight excluding hydrogens is 346 g/mol. The molecule has 6 heteroatoms. The number of carbonyl (C=O) groups excluding carboxylic acids is 2. The van der Waals surface area contributed by atoms with Gasteiger partial charge in [0.1, 0.15) is 16.9 Å².